The number of nitrogens with zero attached hydrogens (tertiary/aromatic N) is 3. The molecule has 0 spiro atoms. The Kier molecular flexibility index (Phi) is 6.57. The molecular weight excluding hydrogens is 394 g/mol. The van der Waals surface area contributed by atoms with E-state index in [1.54, 1.807) is 11.3 Å². The Morgan fingerprint density at radius 1 is 1.20 bits per heavy atom. The average molecular weight is 422 g/mol. The summed E-state index contributed by atoms with van der Waals surface area (Å²) in [4.78, 5) is 21.6. The Morgan fingerprint density at radius 3 is 2.77 bits per heavy atom. The summed E-state index contributed by atoms with van der Waals surface area (Å²) in [6.07, 6.45) is 1.73. The summed E-state index contributed by atoms with van der Waals surface area (Å²) in [5.41, 5.74) is 5.55. The predicted octanol–water partition coefficient (Wildman–Crippen LogP) is 3.54. The molecule has 1 aromatic heterocycles. The van der Waals surface area contributed by atoms with Crippen LogP contribution in [-0.4, -0.2) is 53.7 Å². The van der Waals surface area contributed by atoms with Crippen LogP contribution in [0.25, 0.3) is 11.3 Å². The quantitative estimate of drug-likeness (QED) is 0.604. The Hall–Kier alpha value is -2.54. The maximum absolute atomic E-state index is 13.1. The third-order valence-corrected chi connectivity index (χ3v) is 6.30. The minimum atomic E-state index is 0.0507. The van der Waals surface area contributed by atoms with E-state index < -0.39 is 0 Å². The van der Waals surface area contributed by atoms with Crippen molar-refractivity contribution >= 4 is 22.9 Å². The molecule has 0 saturated heterocycles. The maximum Gasteiger partial charge on any atom is 0.241 e. The molecule has 1 amide bonds. The maximum atomic E-state index is 13.1. The van der Waals surface area contributed by atoms with E-state index in [2.05, 4.69) is 34.6 Å². The zero-order chi connectivity index (χ0) is 20.9. The van der Waals surface area contributed by atoms with Crippen LogP contribution in [0.15, 0.2) is 53.9 Å². The smallest absolute Gasteiger partial charge is 0.241 e. The number of thiazole rings is 1. The monoisotopic (exact) mass is 421 g/mol. The van der Waals surface area contributed by atoms with Gasteiger partial charge in [0.1, 0.15) is 0 Å². The Balaban J connectivity index is 1.42. The fourth-order valence-electron chi connectivity index (χ4n) is 3.94. The molecule has 1 aliphatic heterocycles. The van der Waals surface area contributed by atoms with E-state index in [1.807, 2.05) is 41.0 Å². The molecule has 0 saturated carbocycles. The summed E-state index contributed by atoms with van der Waals surface area (Å²) in [6.45, 7) is 4.34. The van der Waals surface area contributed by atoms with Gasteiger partial charge in [0.15, 0.2) is 0 Å². The molecule has 1 aliphatic rings. The molecule has 156 valence electrons. The van der Waals surface area contributed by atoms with E-state index in [0.717, 1.165) is 41.3 Å². The number of hydrogen-bond acceptors (Lipinski definition) is 5. The molecule has 0 unspecified atom stereocenters. The predicted molar refractivity (Wildman–Crippen MR) is 122 cm³/mol. The largest absolute Gasteiger partial charge is 0.395 e. The molecule has 0 atom stereocenters. The summed E-state index contributed by atoms with van der Waals surface area (Å²) < 4.78 is 0. The molecule has 2 aromatic carbocycles. The van der Waals surface area contributed by atoms with Gasteiger partial charge in [-0.05, 0) is 43.0 Å². The van der Waals surface area contributed by atoms with Crippen LogP contribution in [0.1, 0.15) is 16.1 Å². The number of benzene rings is 2. The molecule has 3 aromatic rings. The highest BCUT2D eigenvalue weighted by Crippen LogP contribution is 2.32. The molecule has 0 fully saturated rings. The number of aromatic nitrogens is 1. The van der Waals surface area contributed by atoms with Crippen LogP contribution >= 0.6 is 11.3 Å². The lowest BCUT2D eigenvalue weighted by atomic mass is 10.1. The van der Waals surface area contributed by atoms with Gasteiger partial charge < -0.3 is 10.0 Å². The fraction of sp³-hybridized carbons (Fsp3) is 0.333. The molecule has 0 aliphatic carbocycles. The first-order chi connectivity index (χ1) is 14.6. The highest BCUT2D eigenvalue weighted by molar-refractivity contribution is 7.09. The molecule has 0 radical (unpaired) electrons. The van der Waals surface area contributed by atoms with Gasteiger partial charge in [0.2, 0.25) is 5.91 Å². The summed E-state index contributed by atoms with van der Waals surface area (Å²) in [6, 6.07) is 16.5. The zero-order valence-electron chi connectivity index (χ0n) is 17.3. The third-order valence-electron chi connectivity index (χ3n) is 5.53. The first kappa shape index (κ1) is 20.7. The number of fused-ring (bicyclic) bond motifs is 1. The standard InChI is InChI=1S/C24H27N3O2S/c1-18-25-22(17-30-18)20-7-8-23-21(15-20)10-12-27(23)24(29)16-26(13-14-28)11-9-19-5-3-2-4-6-19/h2-8,15,17,28H,9-14,16H2,1H3. The van der Waals surface area contributed by atoms with Crippen molar-refractivity contribution in [3.63, 3.8) is 0 Å². The summed E-state index contributed by atoms with van der Waals surface area (Å²) >= 11 is 1.65. The fourth-order valence-corrected chi connectivity index (χ4v) is 4.56. The van der Waals surface area contributed by atoms with Gasteiger partial charge in [-0.25, -0.2) is 4.98 Å². The van der Waals surface area contributed by atoms with Crippen molar-refractivity contribution in [2.45, 2.75) is 19.8 Å². The number of hydrogen-bond donors (Lipinski definition) is 1. The van der Waals surface area contributed by atoms with Gasteiger partial charge in [-0.2, -0.15) is 0 Å². The van der Waals surface area contributed by atoms with Crippen molar-refractivity contribution in [3.05, 3.63) is 70.0 Å². The molecule has 30 heavy (non-hydrogen) atoms. The number of amides is 1. The van der Waals surface area contributed by atoms with Crippen LogP contribution in [0.2, 0.25) is 0 Å². The minimum Gasteiger partial charge on any atom is -0.395 e. The van der Waals surface area contributed by atoms with Gasteiger partial charge in [-0.15, -0.1) is 11.3 Å². The van der Waals surface area contributed by atoms with Gasteiger partial charge in [-0.3, -0.25) is 9.69 Å². The van der Waals surface area contributed by atoms with E-state index >= 15 is 0 Å². The van der Waals surface area contributed by atoms with E-state index in [1.165, 1.54) is 11.1 Å². The average Bonchev–Trinajstić information content (AvgIpc) is 3.38. The van der Waals surface area contributed by atoms with Gasteiger partial charge in [0, 0.05) is 36.3 Å². The number of carbonyl (C=O) groups excluding carboxylic acids is 1. The van der Waals surface area contributed by atoms with Gasteiger partial charge in [0.05, 0.1) is 23.9 Å². The molecule has 4 rings (SSSR count). The molecule has 1 N–H and O–H groups in total. The SMILES string of the molecule is Cc1nc(-c2ccc3c(c2)CCN3C(=O)CN(CCO)CCc2ccccc2)cs1. The van der Waals surface area contributed by atoms with Crippen LogP contribution in [0.4, 0.5) is 5.69 Å². The van der Waals surface area contributed by atoms with Crippen molar-refractivity contribution in [2.24, 2.45) is 0 Å². The molecule has 2 heterocycles. The topological polar surface area (TPSA) is 56.7 Å². The second-order valence-corrected chi connectivity index (χ2v) is 8.69. The summed E-state index contributed by atoms with van der Waals surface area (Å²) in [7, 11) is 0. The number of carbonyl (C=O) groups is 1. The van der Waals surface area contributed by atoms with Gasteiger partial charge >= 0.3 is 0 Å². The van der Waals surface area contributed by atoms with Crippen molar-refractivity contribution in [1.82, 2.24) is 9.88 Å². The van der Waals surface area contributed by atoms with Crippen molar-refractivity contribution < 1.29 is 9.90 Å². The molecule has 0 bridgehead atoms. The van der Waals surface area contributed by atoms with Gasteiger partial charge in [0.25, 0.3) is 0 Å². The highest BCUT2D eigenvalue weighted by Gasteiger charge is 2.26. The molecular formula is C24H27N3O2S. The minimum absolute atomic E-state index is 0.0507. The van der Waals surface area contributed by atoms with Crippen LogP contribution < -0.4 is 4.90 Å². The number of aryl methyl sites for hydroxylation is 1. The van der Waals surface area contributed by atoms with E-state index in [9.17, 15) is 9.90 Å². The van der Waals surface area contributed by atoms with Crippen LogP contribution in [0.5, 0.6) is 0 Å². The van der Waals surface area contributed by atoms with Crippen molar-refractivity contribution in [1.29, 1.82) is 0 Å². The lowest BCUT2D eigenvalue weighted by molar-refractivity contribution is -0.119. The first-order valence-corrected chi connectivity index (χ1v) is 11.2. The van der Waals surface area contributed by atoms with E-state index in [4.69, 9.17) is 0 Å². The second kappa shape index (κ2) is 9.51. The summed E-state index contributed by atoms with van der Waals surface area (Å²) in [5, 5.41) is 12.6. The van der Waals surface area contributed by atoms with Crippen LogP contribution in [0.3, 0.4) is 0 Å². The van der Waals surface area contributed by atoms with Crippen LogP contribution in [0, 0.1) is 6.92 Å². The van der Waals surface area contributed by atoms with E-state index in [-0.39, 0.29) is 12.5 Å². The number of aliphatic hydroxyl groups excluding tert-OH is 1. The Bertz CT molecular complexity index is 1000. The number of anilines is 1. The Labute approximate surface area is 181 Å². The summed E-state index contributed by atoms with van der Waals surface area (Å²) in [5.74, 6) is 0.0903. The second-order valence-electron chi connectivity index (χ2n) is 7.63. The normalized spacial score (nSPS) is 13.1. The first-order valence-electron chi connectivity index (χ1n) is 10.4. The van der Waals surface area contributed by atoms with E-state index in [0.29, 0.717) is 19.6 Å². The van der Waals surface area contributed by atoms with Gasteiger partial charge in [-0.1, -0.05) is 36.4 Å². The molecule has 5 nitrogen and oxygen atoms in total. The number of rotatable bonds is 8. The Morgan fingerprint density at radius 2 is 2.03 bits per heavy atom. The van der Waals surface area contributed by atoms with Crippen molar-refractivity contribution in [2.75, 3.05) is 37.7 Å². The highest BCUT2D eigenvalue weighted by atomic mass is 32.1. The van der Waals surface area contributed by atoms with Crippen LogP contribution in [-0.2, 0) is 17.6 Å². The van der Waals surface area contributed by atoms with Crippen molar-refractivity contribution in [3.8, 4) is 11.3 Å². The zero-order valence-corrected chi connectivity index (χ0v) is 18.1. The third kappa shape index (κ3) is 4.78. The molecule has 6 heteroatoms. The lowest BCUT2D eigenvalue weighted by Crippen LogP contribution is -2.41. The number of aliphatic hydroxyl groups is 1. The lowest BCUT2D eigenvalue weighted by Gasteiger charge is -2.25.